The van der Waals surface area contributed by atoms with Crippen molar-refractivity contribution >= 4 is 46.8 Å². The minimum atomic E-state index is -0.679. The highest BCUT2D eigenvalue weighted by Crippen LogP contribution is 2.27. The largest absolute Gasteiger partial charge is 0.489 e. The van der Waals surface area contributed by atoms with E-state index in [0.29, 0.717) is 22.9 Å². The van der Waals surface area contributed by atoms with E-state index >= 15 is 0 Å². The number of nitro groups is 1. The molecule has 0 amide bonds. The standard InChI is InChI=1S/C23H14Cl2N2O5/c24-19-4-2-1-3-15(19)13-31-17-8-5-14(6-9-17)11-21-23(28)32-22(26-21)18-12-16(27(29)30)7-10-20(18)25/h1-12H,13H2/b21-11-. The third kappa shape index (κ3) is 4.80. The molecule has 3 aromatic carbocycles. The number of aliphatic imine (C=N–C) groups is 1. The van der Waals surface area contributed by atoms with Gasteiger partial charge in [-0.2, -0.15) is 0 Å². The summed E-state index contributed by atoms with van der Waals surface area (Å²) in [5.41, 5.74) is 1.59. The number of nitrogens with zero attached hydrogens (tertiary/aromatic N) is 2. The average Bonchev–Trinajstić information content (AvgIpc) is 3.14. The van der Waals surface area contributed by atoms with Gasteiger partial charge in [0, 0.05) is 22.7 Å². The number of hydrogen-bond acceptors (Lipinski definition) is 6. The Bertz CT molecular complexity index is 1270. The molecule has 1 heterocycles. The molecule has 0 fully saturated rings. The fourth-order valence-electron chi connectivity index (χ4n) is 2.91. The molecule has 1 aliphatic rings. The summed E-state index contributed by atoms with van der Waals surface area (Å²) < 4.78 is 10.9. The Hall–Kier alpha value is -3.68. The van der Waals surface area contributed by atoms with Gasteiger partial charge >= 0.3 is 5.97 Å². The van der Waals surface area contributed by atoms with Crippen LogP contribution in [0.1, 0.15) is 16.7 Å². The monoisotopic (exact) mass is 468 g/mol. The smallest absolute Gasteiger partial charge is 0.363 e. The lowest BCUT2D eigenvalue weighted by molar-refractivity contribution is -0.384. The minimum absolute atomic E-state index is 0.0484. The van der Waals surface area contributed by atoms with Gasteiger partial charge in [0.1, 0.15) is 12.4 Å². The van der Waals surface area contributed by atoms with E-state index < -0.39 is 10.9 Å². The van der Waals surface area contributed by atoms with Crippen LogP contribution >= 0.6 is 23.2 Å². The molecule has 7 nitrogen and oxygen atoms in total. The maximum absolute atomic E-state index is 12.2. The second-order valence-electron chi connectivity index (χ2n) is 6.71. The van der Waals surface area contributed by atoms with Crippen molar-refractivity contribution in [3.8, 4) is 5.75 Å². The molecular weight excluding hydrogens is 455 g/mol. The topological polar surface area (TPSA) is 91.0 Å². The molecule has 0 saturated heterocycles. The number of non-ortho nitro benzene ring substituents is 1. The van der Waals surface area contributed by atoms with Crippen LogP contribution in [0.4, 0.5) is 5.69 Å². The molecule has 9 heteroatoms. The van der Waals surface area contributed by atoms with E-state index in [4.69, 9.17) is 32.7 Å². The van der Waals surface area contributed by atoms with Gasteiger partial charge in [0.05, 0.1) is 15.5 Å². The Morgan fingerprint density at radius 3 is 2.50 bits per heavy atom. The molecule has 0 bridgehead atoms. The maximum atomic E-state index is 12.2. The Kier molecular flexibility index (Phi) is 6.20. The van der Waals surface area contributed by atoms with Gasteiger partial charge in [0.15, 0.2) is 5.70 Å². The van der Waals surface area contributed by atoms with Crippen LogP contribution < -0.4 is 4.74 Å². The van der Waals surface area contributed by atoms with Crippen LogP contribution in [0.2, 0.25) is 10.0 Å². The summed E-state index contributed by atoms with van der Waals surface area (Å²) in [6.07, 6.45) is 1.54. The van der Waals surface area contributed by atoms with Crippen molar-refractivity contribution < 1.29 is 19.2 Å². The molecule has 0 atom stereocenters. The SMILES string of the molecule is O=C1OC(c2cc([N+](=O)[O-])ccc2Cl)=N/C1=C\c1ccc(OCc2ccccc2Cl)cc1. The van der Waals surface area contributed by atoms with Crippen molar-refractivity contribution in [3.05, 3.63) is 109 Å². The highest BCUT2D eigenvalue weighted by Gasteiger charge is 2.27. The Balaban J connectivity index is 1.51. The highest BCUT2D eigenvalue weighted by atomic mass is 35.5. The number of hydrogen-bond donors (Lipinski definition) is 0. The lowest BCUT2D eigenvalue weighted by atomic mass is 10.2. The Morgan fingerprint density at radius 2 is 1.78 bits per heavy atom. The second kappa shape index (κ2) is 9.21. The van der Waals surface area contributed by atoms with E-state index in [2.05, 4.69) is 4.99 Å². The van der Waals surface area contributed by atoms with Crippen molar-refractivity contribution in [2.24, 2.45) is 4.99 Å². The van der Waals surface area contributed by atoms with Crippen molar-refractivity contribution in [1.82, 2.24) is 0 Å². The summed E-state index contributed by atoms with van der Waals surface area (Å²) in [6.45, 7) is 0.323. The normalized spacial score (nSPS) is 14.2. The zero-order valence-electron chi connectivity index (χ0n) is 16.3. The Morgan fingerprint density at radius 1 is 1.03 bits per heavy atom. The molecule has 0 radical (unpaired) electrons. The molecular formula is C23H14Cl2N2O5. The molecule has 3 aromatic rings. The Labute approximate surface area is 192 Å². The van der Waals surface area contributed by atoms with Crippen LogP contribution in [0.15, 0.2) is 77.4 Å². The van der Waals surface area contributed by atoms with Crippen LogP contribution in [0.3, 0.4) is 0 Å². The number of esters is 1. The summed E-state index contributed by atoms with van der Waals surface area (Å²) in [7, 11) is 0. The number of carbonyl (C=O) groups excluding carboxylic acids is 1. The molecule has 32 heavy (non-hydrogen) atoms. The predicted molar refractivity (Wildman–Crippen MR) is 121 cm³/mol. The molecule has 0 spiro atoms. The first-order chi connectivity index (χ1) is 15.4. The van der Waals surface area contributed by atoms with Gasteiger partial charge in [-0.05, 0) is 35.9 Å². The molecule has 1 aliphatic heterocycles. The van der Waals surface area contributed by atoms with Gasteiger partial charge in [-0.1, -0.05) is 53.5 Å². The third-order valence-electron chi connectivity index (χ3n) is 4.55. The fraction of sp³-hybridized carbons (Fsp3) is 0.0435. The molecule has 0 aliphatic carbocycles. The number of nitro benzene ring substituents is 1. The third-order valence-corrected chi connectivity index (χ3v) is 5.25. The quantitative estimate of drug-likeness (QED) is 0.196. The lowest BCUT2D eigenvalue weighted by Gasteiger charge is -2.07. The summed E-state index contributed by atoms with van der Waals surface area (Å²) >= 11 is 12.2. The summed E-state index contributed by atoms with van der Waals surface area (Å²) in [4.78, 5) is 26.8. The number of ether oxygens (including phenoxy) is 2. The number of rotatable bonds is 6. The van der Waals surface area contributed by atoms with Gasteiger partial charge in [0.2, 0.25) is 5.90 Å². The van der Waals surface area contributed by atoms with Crippen molar-refractivity contribution in [3.63, 3.8) is 0 Å². The first-order valence-corrected chi connectivity index (χ1v) is 10.1. The van der Waals surface area contributed by atoms with E-state index in [0.717, 1.165) is 5.56 Å². The number of cyclic esters (lactones) is 1. The van der Waals surface area contributed by atoms with Gasteiger partial charge in [-0.15, -0.1) is 0 Å². The number of halogens is 2. The van der Waals surface area contributed by atoms with Gasteiger partial charge < -0.3 is 9.47 Å². The van der Waals surface area contributed by atoms with Gasteiger partial charge in [-0.3, -0.25) is 10.1 Å². The summed E-state index contributed by atoms with van der Waals surface area (Å²) in [6, 6.07) is 18.3. The molecule has 160 valence electrons. The average molecular weight is 469 g/mol. The van der Waals surface area contributed by atoms with Crippen molar-refractivity contribution in [2.45, 2.75) is 6.61 Å². The maximum Gasteiger partial charge on any atom is 0.363 e. The zero-order chi connectivity index (χ0) is 22.7. The van der Waals surface area contributed by atoms with Gasteiger partial charge in [0.25, 0.3) is 5.69 Å². The lowest BCUT2D eigenvalue weighted by Crippen LogP contribution is -2.06. The second-order valence-corrected chi connectivity index (χ2v) is 7.52. The van der Waals surface area contributed by atoms with Crippen molar-refractivity contribution in [1.29, 1.82) is 0 Å². The number of carbonyl (C=O) groups is 1. The summed E-state index contributed by atoms with van der Waals surface area (Å²) in [5.74, 6) is -0.134. The highest BCUT2D eigenvalue weighted by molar-refractivity contribution is 6.34. The molecule has 0 N–H and O–H groups in total. The molecule has 0 aromatic heterocycles. The van der Waals surface area contributed by atoms with E-state index in [1.165, 1.54) is 18.2 Å². The minimum Gasteiger partial charge on any atom is -0.489 e. The van der Waals surface area contributed by atoms with Crippen molar-refractivity contribution in [2.75, 3.05) is 0 Å². The van der Waals surface area contributed by atoms with Crippen LogP contribution in [0.5, 0.6) is 5.75 Å². The van der Waals surface area contributed by atoms with Crippen LogP contribution in [-0.4, -0.2) is 16.8 Å². The first-order valence-electron chi connectivity index (χ1n) is 9.34. The van der Waals surface area contributed by atoms with Gasteiger partial charge in [-0.25, -0.2) is 9.79 Å². The van der Waals surface area contributed by atoms with Crippen LogP contribution in [0, 0.1) is 10.1 Å². The van der Waals surface area contributed by atoms with E-state index in [-0.39, 0.29) is 27.9 Å². The predicted octanol–water partition coefficient (Wildman–Crippen LogP) is 5.83. The van der Waals surface area contributed by atoms with Crippen LogP contribution in [0.25, 0.3) is 6.08 Å². The van der Waals surface area contributed by atoms with E-state index in [9.17, 15) is 14.9 Å². The zero-order valence-corrected chi connectivity index (χ0v) is 17.8. The van der Waals surface area contributed by atoms with E-state index in [1.54, 1.807) is 36.4 Å². The first kappa shape index (κ1) is 21.5. The molecule has 4 rings (SSSR count). The summed E-state index contributed by atoms with van der Waals surface area (Å²) in [5, 5.41) is 11.8. The number of benzene rings is 3. The fourth-order valence-corrected chi connectivity index (χ4v) is 3.30. The molecule has 0 saturated carbocycles. The van der Waals surface area contributed by atoms with E-state index in [1.807, 2.05) is 18.2 Å². The van der Waals surface area contributed by atoms with Crippen LogP contribution in [-0.2, 0) is 16.1 Å². The molecule has 0 unspecified atom stereocenters.